The van der Waals surface area contributed by atoms with Gasteiger partial charge in [0.25, 0.3) is 5.91 Å². The van der Waals surface area contributed by atoms with Gasteiger partial charge in [0, 0.05) is 11.7 Å². The summed E-state index contributed by atoms with van der Waals surface area (Å²) < 4.78 is 1.74. The zero-order valence-corrected chi connectivity index (χ0v) is 11.7. The molecular formula is C14H15ClN4O. The van der Waals surface area contributed by atoms with Crippen LogP contribution in [0.1, 0.15) is 36.0 Å². The van der Waals surface area contributed by atoms with Gasteiger partial charge >= 0.3 is 0 Å². The Labute approximate surface area is 122 Å². The first-order valence-electron chi connectivity index (χ1n) is 6.69. The minimum absolute atomic E-state index is 0.114. The Morgan fingerprint density at radius 1 is 1.25 bits per heavy atom. The van der Waals surface area contributed by atoms with Gasteiger partial charge in [0.2, 0.25) is 0 Å². The second kappa shape index (κ2) is 5.63. The number of carbonyl (C=O) groups is 1. The van der Waals surface area contributed by atoms with Crippen molar-refractivity contribution in [2.24, 2.45) is 0 Å². The Hall–Kier alpha value is -1.88. The summed E-state index contributed by atoms with van der Waals surface area (Å²) in [6.45, 7) is 0. The van der Waals surface area contributed by atoms with Crippen molar-refractivity contribution in [2.45, 2.75) is 31.7 Å². The SMILES string of the molecule is O=C(NC1CCCC1)c1cc(-n2cnnc2)ccc1Cl. The molecule has 1 N–H and O–H groups in total. The van der Waals surface area contributed by atoms with Crippen LogP contribution in [0.25, 0.3) is 5.69 Å². The van der Waals surface area contributed by atoms with Crippen molar-refractivity contribution in [2.75, 3.05) is 0 Å². The zero-order valence-electron chi connectivity index (χ0n) is 10.9. The van der Waals surface area contributed by atoms with E-state index in [0.29, 0.717) is 10.6 Å². The van der Waals surface area contributed by atoms with E-state index in [4.69, 9.17) is 11.6 Å². The van der Waals surface area contributed by atoms with Crippen molar-refractivity contribution in [3.8, 4) is 5.69 Å². The summed E-state index contributed by atoms with van der Waals surface area (Å²) in [4.78, 5) is 12.3. The Balaban J connectivity index is 1.84. The van der Waals surface area contributed by atoms with Crippen LogP contribution in [0.4, 0.5) is 0 Å². The van der Waals surface area contributed by atoms with Crippen LogP contribution in [0.3, 0.4) is 0 Å². The highest BCUT2D eigenvalue weighted by Gasteiger charge is 2.19. The highest BCUT2D eigenvalue weighted by Crippen LogP contribution is 2.22. The lowest BCUT2D eigenvalue weighted by atomic mass is 10.1. The van der Waals surface area contributed by atoms with Crippen LogP contribution in [-0.2, 0) is 0 Å². The van der Waals surface area contributed by atoms with E-state index >= 15 is 0 Å². The summed E-state index contributed by atoms with van der Waals surface area (Å²) in [5.74, 6) is -0.114. The van der Waals surface area contributed by atoms with Gasteiger partial charge in [-0.3, -0.25) is 9.36 Å². The smallest absolute Gasteiger partial charge is 0.253 e. The standard InChI is InChI=1S/C14H15ClN4O/c15-13-6-5-11(19-8-16-17-9-19)7-12(13)14(20)18-10-3-1-2-4-10/h5-10H,1-4H2,(H,18,20). The number of carbonyl (C=O) groups excluding carboxylic acids is 1. The number of nitrogens with zero attached hydrogens (tertiary/aromatic N) is 3. The largest absolute Gasteiger partial charge is 0.349 e. The molecule has 0 radical (unpaired) electrons. The minimum atomic E-state index is -0.114. The van der Waals surface area contributed by atoms with Crippen molar-refractivity contribution in [1.29, 1.82) is 0 Å². The molecule has 1 heterocycles. The molecule has 6 heteroatoms. The Kier molecular flexibility index (Phi) is 3.69. The van der Waals surface area contributed by atoms with Crippen LogP contribution in [0.5, 0.6) is 0 Å². The molecule has 0 saturated heterocycles. The number of halogens is 1. The molecule has 1 aromatic carbocycles. The Morgan fingerprint density at radius 2 is 1.95 bits per heavy atom. The van der Waals surface area contributed by atoms with Gasteiger partial charge in [-0.1, -0.05) is 24.4 Å². The molecule has 0 bridgehead atoms. The summed E-state index contributed by atoms with van der Waals surface area (Å²) in [6.07, 6.45) is 7.63. The van der Waals surface area contributed by atoms with Crippen LogP contribution in [-0.4, -0.2) is 26.7 Å². The Morgan fingerprint density at radius 3 is 2.65 bits per heavy atom. The van der Waals surface area contributed by atoms with Gasteiger partial charge in [-0.05, 0) is 31.0 Å². The molecule has 20 heavy (non-hydrogen) atoms. The fraction of sp³-hybridized carbons (Fsp3) is 0.357. The maximum Gasteiger partial charge on any atom is 0.253 e. The lowest BCUT2D eigenvalue weighted by Gasteiger charge is -2.13. The fourth-order valence-corrected chi connectivity index (χ4v) is 2.72. The molecule has 0 spiro atoms. The average molecular weight is 291 g/mol. The van der Waals surface area contributed by atoms with Crippen molar-refractivity contribution in [1.82, 2.24) is 20.1 Å². The number of rotatable bonds is 3. The van der Waals surface area contributed by atoms with Crippen molar-refractivity contribution in [3.05, 3.63) is 41.4 Å². The average Bonchev–Trinajstić information content (AvgIpc) is 3.11. The number of benzene rings is 1. The fourth-order valence-electron chi connectivity index (χ4n) is 2.52. The van der Waals surface area contributed by atoms with Gasteiger partial charge < -0.3 is 5.32 Å². The van der Waals surface area contributed by atoms with Crippen LogP contribution in [0, 0.1) is 0 Å². The highest BCUT2D eigenvalue weighted by atomic mass is 35.5. The molecule has 0 unspecified atom stereocenters. The first kappa shape index (κ1) is 13.1. The van der Waals surface area contributed by atoms with Crippen LogP contribution < -0.4 is 5.32 Å². The molecule has 5 nitrogen and oxygen atoms in total. The van der Waals surface area contributed by atoms with Gasteiger partial charge in [0.15, 0.2) is 0 Å². The van der Waals surface area contributed by atoms with E-state index in [1.165, 1.54) is 12.8 Å². The molecule has 0 aliphatic heterocycles. The number of hydrogen-bond acceptors (Lipinski definition) is 3. The number of hydrogen-bond donors (Lipinski definition) is 1. The number of nitrogens with one attached hydrogen (secondary N) is 1. The first-order chi connectivity index (χ1) is 9.74. The van der Waals surface area contributed by atoms with E-state index in [0.717, 1.165) is 18.5 Å². The van der Waals surface area contributed by atoms with E-state index < -0.39 is 0 Å². The molecule has 104 valence electrons. The molecule has 1 aliphatic carbocycles. The minimum Gasteiger partial charge on any atom is -0.349 e. The first-order valence-corrected chi connectivity index (χ1v) is 7.07. The molecule has 1 amide bonds. The van der Waals surface area contributed by atoms with E-state index in [1.807, 2.05) is 6.07 Å². The maximum atomic E-state index is 12.3. The normalized spacial score (nSPS) is 15.4. The molecule has 1 aliphatic rings. The van der Waals surface area contributed by atoms with Gasteiger partial charge in [-0.2, -0.15) is 0 Å². The van der Waals surface area contributed by atoms with Gasteiger partial charge in [-0.15, -0.1) is 10.2 Å². The lowest BCUT2D eigenvalue weighted by molar-refractivity contribution is 0.0938. The monoisotopic (exact) mass is 290 g/mol. The highest BCUT2D eigenvalue weighted by molar-refractivity contribution is 6.33. The molecule has 1 aromatic heterocycles. The third kappa shape index (κ3) is 2.67. The number of aromatic nitrogens is 3. The molecule has 0 atom stereocenters. The van der Waals surface area contributed by atoms with Gasteiger partial charge in [0.1, 0.15) is 12.7 Å². The summed E-state index contributed by atoms with van der Waals surface area (Å²) in [7, 11) is 0. The quantitative estimate of drug-likeness (QED) is 0.945. The summed E-state index contributed by atoms with van der Waals surface area (Å²) in [5, 5.41) is 11.0. The predicted molar refractivity (Wildman–Crippen MR) is 76.1 cm³/mol. The van der Waals surface area contributed by atoms with Crippen molar-refractivity contribution >= 4 is 17.5 Å². The van der Waals surface area contributed by atoms with E-state index in [9.17, 15) is 4.79 Å². The maximum absolute atomic E-state index is 12.3. The topological polar surface area (TPSA) is 59.8 Å². The third-order valence-corrected chi connectivity index (χ3v) is 3.93. The second-order valence-electron chi connectivity index (χ2n) is 4.99. The molecule has 3 rings (SSSR count). The molecule has 1 saturated carbocycles. The zero-order chi connectivity index (χ0) is 13.9. The van der Waals surface area contributed by atoms with Crippen LogP contribution in [0.2, 0.25) is 5.02 Å². The Bertz CT molecular complexity index is 606. The van der Waals surface area contributed by atoms with Crippen LogP contribution in [0.15, 0.2) is 30.9 Å². The van der Waals surface area contributed by atoms with Gasteiger partial charge in [0.05, 0.1) is 10.6 Å². The number of amides is 1. The molecular weight excluding hydrogens is 276 g/mol. The molecule has 1 fully saturated rings. The predicted octanol–water partition coefficient (Wildman–Crippen LogP) is 2.59. The van der Waals surface area contributed by atoms with E-state index in [1.54, 1.807) is 29.4 Å². The lowest BCUT2D eigenvalue weighted by Crippen LogP contribution is -2.32. The summed E-state index contributed by atoms with van der Waals surface area (Å²) >= 11 is 6.14. The summed E-state index contributed by atoms with van der Waals surface area (Å²) in [6, 6.07) is 5.59. The van der Waals surface area contributed by atoms with E-state index in [-0.39, 0.29) is 11.9 Å². The second-order valence-corrected chi connectivity index (χ2v) is 5.40. The van der Waals surface area contributed by atoms with Crippen molar-refractivity contribution < 1.29 is 4.79 Å². The third-order valence-electron chi connectivity index (χ3n) is 3.60. The van der Waals surface area contributed by atoms with E-state index in [2.05, 4.69) is 15.5 Å². The van der Waals surface area contributed by atoms with Crippen molar-refractivity contribution in [3.63, 3.8) is 0 Å². The summed E-state index contributed by atoms with van der Waals surface area (Å²) in [5.41, 5.74) is 1.31. The van der Waals surface area contributed by atoms with Gasteiger partial charge in [-0.25, -0.2) is 0 Å². The molecule has 2 aromatic rings. The van der Waals surface area contributed by atoms with Crippen LogP contribution >= 0.6 is 11.6 Å².